The first-order valence-electron chi connectivity index (χ1n) is 12.4. The molecule has 0 radical (unpaired) electrons. The van der Waals surface area contributed by atoms with Gasteiger partial charge in [0.25, 0.3) is 0 Å². The summed E-state index contributed by atoms with van der Waals surface area (Å²) < 4.78 is 5.82. The van der Waals surface area contributed by atoms with Gasteiger partial charge >= 0.3 is 5.97 Å². The molecule has 0 aliphatic heterocycles. The summed E-state index contributed by atoms with van der Waals surface area (Å²) in [5.41, 5.74) is 2.67. The van der Waals surface area contributed by atoms with E-state index in [1.807, 2.05) is 12.1 Å². The van der Waals surface area contributed by atoms with Gasteiger partial charge in [0.15, 0.2) is 6.10 Å². The molecule has 1 unspecified atom stereocenters. The number of carboxylic acids is 1. The van der Waals surface area contributed by atoms with E-state index in [0.717, 1.165) is 25.7 Å². The highest BCUT2D eigenvalue weighted by Crippen LogP contribution is 2.27. The number of unbranched alkanes of at least 4 members (excludes halogenated alkanes) is 8. The van der Waals surface area contributed by atoms with Crippen LogP contribution in [0.2, 0.25) is 0 Å². The summed E-state index contributed by atoms with van der Waals surface area (Å²) in [7, 11) is 0. The molecular formula is C27H42O3. The third kappa shape index (κ3) is 9.82. The first kappa shape index (κ1) is 24.5. The Morgan fingerprint density at radius 3 is 2.20 bits per heavy atom. The first-order chi connectivity index (χ1) is 14.7. The minimum atomic E-state index is -0.860. The second-order valence-corrected chi connectivity index (χ2v) is 8.77. The van der Waals surface area contributed by atoms with E-state index >= 15 is 0 Å². The fourth-order valence-corrected chi connectivity index (χ4v) is 4.24. The van der Waals surface area contributed by atoms with Crippen LogP contribution >= 0.6 is 0 Å². The molecule has 0 spiro atoms. The van der Waals surface area contributed by atoms with Crippen molar-refractivity contribution in [3.05, 3.63) is 35.9 Å². The fraction of sp³-hybridized carbons (Fsp3) is 0.667. The number of benzene rings is 1. The SMILES string of the molecule is CCCCCCCCCCCC(Oc1ccc(C2=CCCCCCC2)cc1)C(=O)O. The van der Waals surface area contributed by atoms with E-state index in [9.17, 15) is 9.90 Å². The molecule has 1 aliphatic rings. The van der Waals surface area contributed by atoms with Crippen LogP contribution in [0.4, 0.5) is 0 Å². The molecule has 1 atom stereocenters. The standard InChI is InChI=1S/C27H42O3/c1-2-3-4-5-6-7-8-12-15-18-26(27(28)29)30-25-21-19-24(20-22-25)23-16-13-10-9-11-14-17-23/h16,19-22,26H,2-15,17-18H2,1H3,(H,28,29). The van der Waals surface area contributed by atoms with Gasteiger partial charge in [-0.05, 0) is 61.8 Å². The Hall–Kier alpha value is -1.77. The Bertz CT molecular complexity index is 618. The largest absolute Gasteiger partial charge is 0.479 e. The zero-order valence-corrected chi connectivity index (χ0v) is 19.0. The maximum absolute atomic E-state index is 11.6. The number of carboxylic acid groups (broad SMARTS) is 1. The van der Waals surface area contributed by atoms with E-state index in [4.69, 9.17) is 4.74 Å². The Morgan fingerprint density at radius 2 is 1.53 bits per heavy atom. The Labute approximate surface area is 183 Å². The van der Waals surface area contributed by atoms with Crippen LogP contribution in [0, 0.1) is 0 Å². The smallest absolute Gasteiger partial charge is 0.344 e. The van der Waals surface area contributed by atoms with Gasteiger partial charge in [0.1, 0.15) is 5.75 Å². The topological polar surface area (TPSA) is 46.5 Å². The van der Waals surface area contributed by atoms with Gasteiger partial charge in [0.2, 0.25) is 0 Å². The number of hydrogen-bond donors (Lipinski definition) is 1. The minimum Gasteiger partial charge on any atom is -0.479 e. The van der Waals surface area contributed by atoms with Crippen molar-refractivity contribution in [2.75, 3.05) is 0 Å². The third-order valence-corrected chi connectivity index (χ3v) is 6.14. The van der Waals surface area contributed by atoms with Crippen molar-refractivity contribution in [3.63, 3.8) is 0 Å². The molecule has 0 saturated heterocycles. The highest BCUT2D eigenvalue weighted by molar-refractivity contribution is 5.72. The monoisotopic (exact) mass is 414 g/mol. The van der Waals surface area contributed by atoms with Crippen molar-refractivity contribution in [3.8, 4) is 5.75 Å². The number of rotatable bonds is 14. The van der Waals surface area contributed by atoms with Crippen LogP contribution in [0.15, 0.2) is 30.3 Å². The molecule has 1 N–H and O–H groups in total. The number of hydrogen-bond acceptors (Lipinski definition) is 2. The van der Waals surface area contributed by atoms with Gasteiger partial charge in [0, 0.05) is 0 Å². The highest BCUT2D eigenvalue weighted by atomic mass is 16.5. The summed E-state index contributed by atoms with van der Waals surface area (Å²) in [6.07, 6.45) is 20.8. The summed E-state index contributed by atoms with van der Waals surface area (Å²) >= 11 is 0. The predicted molar refractivity (Wildman–Crippen MR) is 126 cm³/mol. The molecule has 0 aromatic heterocycles. The van der Waals surface area contributed by atoms with Crippen LogP contribution < -0.4 is 4.74 Å². The van der Waals surface area contributed by atoms with Gasteiger partial charge < -0.3 is 9.84 Å². The van der Waals surface area contributed by atoms with Gasteiger partial charge in [-0.15, -0.1) is 0 Å². The van der Waals surface area contributed by atoms with Gasteiger partial charge in [-0.3, -0.25) is 0 Å². The van der Waals surface area contributed by atoms with Crippen molar-refractivity contribution in [2.24, 2.45) is 0 Å². The molecule has 30 heavy (non-hydrogen) atoms. The van der Waals surface area contributed by atoms with Crippen LogP contribution in [0.25, 0.3) is 5.57 Å². The van der Waals surface area contributed by atoms with E-state index in [1.165, 1.54) is 81.8 Å². The Balaban J connectivity index is 1.73. The van der Waals surface area contributed by atoms with Crippen LogP contribution in [0.5, 0.6) is 5.75 Å². The molecule has 3 nitrogen and oxygen atoms in total. The second kappa shape index (κ2) is 15.1. The predicted octanol–water partition coefficient (Wildman–Crippen LogP) is 8.18. The normalized spacial score (nSPS) is 15.7. The van der Waals surface area contributed by atoms with E-state index in [0.29, 0.717) is 12.2 Å². The molecule has 2 rings (SSSR count). The quantitative estimate of drug-likeness (QED) is 0.312. The third-order valence-electron chi connectivity index (χ3n) is 6.14. The molecule has 1 aromatic carbocycles. The van der Waals surface area contributed by atoms with Gasteiger partial charge in [-0.25, -0.2) is 4.79 Å². The lowest BCUT2D eigenvalue weighted by Gasteiger charge is -2.16. The molecule has 0 fully saturated rings. The van der Waals surface area contributed by atoms with Crippen molar-refractivity contribution >= 4 is 11.5 Å². The molecular weight excluding hydrogens is 372 g/mol. The fourth-order valence-electron chi connectivity index (χ4n) is 4.24. The Kier molecular flexibility index (Phi) is 12.3. The van der Waals surface area contributed by atoms with Gasteiger partial charge in [-0.1, -0.05) is 89.3 Å². The van der Waals surface area contributed by atoms with E-state index in [1.54, 1.807) is 0 Å². The zero-order valence-electron chi connectivity index (χ0n) is 19.0. The molecule has 1 aliphatic carbocycles. The van der Waals surface area contributed by atoms with Crippen LogP contribution in [0.3, 0.4) is 0 Å². The minimum absolute atomic E-state index is 0.581. The van der Waals surface area contributed by atoms with Crippen molar-refractivity contribution in [2.45, 2.75) is 116 Å². The summed E-state index contributed by atoms with van der Waals surface area (Å²) in [6, 6.07) is 8.03. The molecule has 1 aromatic rings. The number of ether oxygens (including phenoxy) is 1. The molecule has 0 bridgehead atoms. The van der Waals surface area contributed by atoms with Crippen molar-refractivity contribution in [1.82, 2.24) is 0 Å². The van der Waals surface area contributed by atoms with Gasteiger partial charge in [0.05, 0.1) is 0 Å². The molecule has 0 heterocycles. The number of aliphatic carboxylic acids is 1. The van der Waals surface area contributed by atoms with E-state index in [-0.39, 0.29) is 0 Å². The first-order valence-corrected chi connectivity index (χ1v) is 12.4. The highest BCUT2D eigenvalue weighted by Gasteiger charge is 2.19. The lowest BCUT2D eigenvalue weighted by molar-refractivity contribution is -0.145. The van der Waals surface area contributed by atoms with Crippen molar-refractivity contribution < 1.29 is 14.6 Å². The van der Waals surface area contributed by atoms with Gasteiger partial charge in [-0.2, -0.15) is 0 Å². The summed E-state index contributed by atoms with van der Waals surface area (Å²) in [5.74, 6) is -0.199. The summed E-state index contributed by atoms with van der Waals surface area (Å²) in [4.78, 5) is 11.6. The maximum Gasteiger partial charge on any atom is 0.344 e. The second-order valence-electron chi connectivity index (χ2n) is 8.77. The molecule has 3 heteroatoms. The summed E-state index contributed by atoms with van der Waals surface area (Å²) in [5, 5.41) is 9.54. The van der Waals surface area contributed by atoms with E-state index < -0.39 is 12.1 Å². The summed E-state index contributed by atoms with van der Waals surface area (Å²) in [6.45, 7) is 2.24. The lowest BCUT2D eigenvalue weighted by Crippen LogP contribution is -2.26. The van der Waals surface area contributed by atoms with Crippen LogP contribution in [-0.4, -0.2) is 17.2 Å². The molecule has 0 amide bonds. The molecule has 168 valence electrons. The number of carbonyl (C=O) groups is 1. The zero-order chi connectivity index (χ0) is 21.4. The van der Waals surface area contributed by atoms with Crippen molar-refractivity contribution in [1.29, 1.82) is 0 Å². The average Bonchev–Trinajstić information content (AvgIpc) is 2.72. The van der Waals surface area contributed by atoms with Crippen LogP contribution in [0.1, 0.15) is 115 Å². The maximum atomic E-state index is 11.6. The average molecular weight is 415 g/mol. The number of allylic oxidation sites excluding steroid dienone is 2. The van der Waals surface area contributed by atoms with E-state index in [2.05, 4.69) is 25.1 Å². The lowest BCUT2D eigenvalue weighted by atomic mass is 9.95. The Morgan fingerprint density at radius 1 is 0.900 bits per heavy atom. The van der Waals surface area contributed by atoms with Crippen LogP contribution in [-0.2, 0) is 4.79 Å². The molecule has 0 saturated carbocycles.